The molecule has 0 aliphatic rings. The molecule has 0 unspecified atom stereocenters. The van der Waals surface area contributed by atoms with Crippen LogP contribution in [0.1, 0.15) is 33.3 Å². The topological polar surface area (TPSA) is 62.1 Å². The van der Waals surface area contributed by atoms with Crippen molar-refractivity contribution in [2.45, 2.75) is 40.3 Å². The van der Waals surface area contributed by atoms with E-state index in [1.807, 2.05) is 26.8 Å². The number of carbonyl (C=O) groups excluding carboxylic acids is 1. The Morgan fingerprint density at radius 3 is 2.68 bits per heavy atom. The number of hydrogen-bond acceptors (Lipinski definition) is 3. The molecule has 0 aromatic heterocycles. The van der Waals surface area contributed by atoms with E-state index in [-0.39, 0.29) is 24.4 Å². The SMILES string of the molecule is C[C@@H](COCc1cccc(F)c1)NC(=O)[C@H](C#N)C(C)(C)C. The standard InChI is InChI=1S/C17H23FN2O2/c1-12(20-16(21)15(9-19)17(2,3)4)10-22-11-13-6-5-7-14(18)8-13/h5-8,12,15H,10-11H2,1-4H3,(H,20,21)/t12-,15-/m0/s1. The molecule has 1 rings (SSSR count). The zero-order valence-corrected chi connectivity index (χ0v) is 13.5. The lowest BCUT2D eigenvalue weighted by atomic mass is 9.81. The van der Waals surface area contributed by atoms with E-state index < -0.39 is 11.3 Å². The van der Waals surface area contributed by atoms with Gasteiger partial charge >= 0.3 is 0 Å². The van der Waals surface area contributed by atoms with Gasteiger partial charge in [-0.1, -0.05) is 32.9 Å². The maximum atomic E-state index is 13.0. The monoisotopic (exact) mass is 306 g/mol. The van der Waals surface area contributed by atoms with Crippen molar-refractivity contribution in [3.05, 3.63) is 35.6 Å². The van der Waals surface area contributed by atoms with Gasteiger partial charge in [-0.3, -0.25) is 4.79 Å². The fourth-order valence-corrected chi connectivity index (χ4v) is 1.99. The van der Waals surface area contributed by atoms with Crippen LogP contribution in [-0.4, -0.2) is 18.6 Å². The molecule has 0 heterocycles. The van der Waals surface area contributed by atoms with Gasteiger partial charge in [0.15, 0.2) is 0 Å². The van der Waals surface area contributed by atoms with Crippen molar-refractivity contribution in [1.29, 1.82) is 5.26 Å². The summed E-state index contributed by atoms with van der Waals surface area (Å²) in [5, 5.41) is 11.9. The fraction of sp³-hybridized carbons (Fsp3) is 0.529. The first-order valence-corrected chi connectivity index (χ1v) is 7.26. The van der Waals surface area contributed by atoms with E-state index in [4.69, 9.17) is 10.00 Å². The van der Waals surface area contributed by atoms with Gasteiger partial charge in [0.2, 0.25) is 5.91 Å². The van der Waals surface area contributed by atoms with E-state index in [1.165, 1.54) is 12.1 Å². The predicted octanol–water partition coefficient (Wildman–Crippen LogP) is 3.03. The van der Waals surface area contributed by atoms with Gasteiger partial charge < -0.3 is 10.1 Å². The van der Waals surface area contributed by atoms with Gasteiger partial charge in [-0.05, 0) is 30.0 Å². The van der Waals surface area contributed by atoms with Crippen molar-refractivity contribution in [2.75, 3.05) is 6.61 Å². The highest BCUT2D eigenvalue weighted by molar-refractivity contribution is 5.82. The summed E-state index contributed by atoms with van der Waals surface area (Å²) in [5.74, 6) is -1.31. The van der Waals surface area contributed by atoms with Crippen LogP contribution in [0, 0.1) is 28.5 Å². The number of rotatable bonds is 6. The van der Waals surface area contributed by atoms with Gasteiger partial charge in [-0.25, -0.2) is 4.39 Å². The first kappa shape index (κ1) is 18.1. The second kappa shape index (κ2) is 7.90. The summed E-state index contributed by atoms with van der Waals surface area (Å²) in [6.07, 6.45) is 0. The Balaban J connectivity index is 2.42. The largest absolute Gasteiger partial charge is 0.375 e. The van der Waals surface area contributed by atoms with Crippen molar-refractivity contribution in [3.8, 4) is 6.07 Å². The molecule has 0 fully saturated rings. The number of benzene rings is 1. The third-order valence-corrected chi connectivity index (χ3v) is 3.17. The molecular weight excluding hydrogens is 283 g/mol. The van der Waals surface area contributed by atoms with Crippen LogP contribution in [0.15, 0.2) is 24.3 Å². The van der Waals surface area contributed by atoms with Gasteiger partial charge in [0.1, 0.15) is 11.7 Å². The van der Waals surface area contributed by atoms with Crippen LogP contribution in [-0.2, 0) is 16.1 Å². The maximum Gasteiger partial charge on any atom is 0.238 e. The number of nitrogens with one attached hydrogen (secondary N) is 1. The number of hydrogen-bond donors (Lipinski definition) is 1. The number of amides is 1. The van der Waals surface area contributed by atoms with Gasteiger partial charge in [-0.2, -0.15) is 5.26 Å². The summed E-state index contributed by atoms with van der Waals surface area (Å²) in [7, 11) is 0. The Morgan fingerprint density at radius 1 is 1.45 bits per heavy atom. The van der Waals surface area contributed by atoms with Gasteiger partial charge in [0, 0.05) is 6.04 Å². The minimum Gasteiger partial charge on any atom is -0.375 e. The lowest BCUT2D eigenvalue weighted by molar-refractivity contribution is -0.127. The maximum absolute atomic E-state index is 13.0. The van der Waals surface area contributed by atoms with Crippen LogP contribution < -0.4 is 5.32 Å². The Morgan fingerprint density at radius 2 is 2.14 bits per heavy atom. The summed E-state index contributed by atoms with van der Waals surface area (Å²) in [6, 6.07) is 8.01. The van der Waals surface area contributed by atoms with Gasteiger partial charge in [-0.15, -0.1) is 0 Å². The summed E-state index contributed by atoms with van der Waals surface area (Å²) in [4.78, 5) is 12.1. The van der Waals surface area contributed by atoms with E-state index in [9.17, 15) is 9.18 Å². The zero-order valence-electron chi connectivity index (χ0n) is 13.5. The Hall–Kier alpha value is -1.93. The minimum atomic E-state index is -0.710. The molecule has 1 aromatic carbocycles. The van der Waals surface area contributed by atoms with Crippen molar-refractivity contribution >= 4 is 5.91 Å². The average molecular weight is 306 g/mol. The van der Waals surface area contributed by atoms with E-state index in [0.717, 1.165) is 5.56 Å². The van der Waals surface area contributed by atoms with Crippen LogP contribution in [0.5, 0.6) is 0 Å². The summed E-state index contributed by atoms with van der Waals surface area (Å²) in [6.45, 7) is 7.94. The van der Waals surface area contributed by atoms with E-state index in [1.54, 1.807) is 19.1 Å². The highest BCUT2D eigenvalue weighted by Gasteiger charge is 2.31. The first-order chi connectivity index (χ1) is 10.2. The van der Waals surface area contributed by atoms with Crippen LogP contribution >= 0.6 is 0 Å². The highest BCUT2D eigenvalue weighted by atomic mass is 19.1. The second-order valence-corrected chi connectivity index (χ2v) is 6.48. The van der Waals surface area contributed by atoms with Crippen LogP contribution in [0.2, 0.25) is 0 Å². The van der Waals surface area contributed by atoms with Crippen LogP contribution in [0.3, 0.4) is 0 Å². The molecule has 1 aromatic rings. The number of ether oxygens (including phenoxy) is 1. The Kier molecular flexibility index (Phi) is 6.51. The lowest BCUT2D eigenvalue weighted by Crippen LogP contribution is -2.43. The lowest BCUT2D eigenvalue weighted by Gasteiger charge is -2.25. The molecule has 0 spiro atoms. The molecular formula is C17H23FN2O2. The molecule has 22 heavy (non-hydrogen) atoms. The molecule has 0 radical (unpaired) electrons. The third-order valence-electron chi connectivity index (χ3n) is 3.17. The number of nitrogens with zero attached hydrogens (tertiary/aromatic N) is 1. The van der Waals surface area contributed by atoms with Crippen molar-refractivity contribution in [3.63, 3.8) is 0 Å². The molecule has 1 amide bonds. The minimum absolute atomic E-state index is 0.223. The number of carbonyl (C=O) groups is 1. The number of nitriles is 1. The van der Waals surface area contributed by atoms with Crippen LogP contribution in [0.4, 0.5) is 4.39 Å². The molecule has 0 saturated carbocycles. The Labute approximate surface area is 131 Å². The molecule has 120 valence electrons. The fourth-order valence-electron chi connectivity index (χ4n) is 1.99. The summed E-state index contributed by atoms with van der Waals surface area (Å²) >= 11 is 0. The van der Waals surface area contributed by atoms with E-state index in [0.29, 0.717) is 6.61 Å². The van der Waals surface area contributed by atoms with Crippen molar-refractivity contribution in [1.82, 2.24) is 5.32 Å². The van der Waals surface area contributed by atoms with Gasteiger partial charge in [0.25, 0.3) is 0 Å². The molecule has 0 bridgehead atoms. The highest BCUT2D eigenvalue weighted by Crippen LogP contribution is 2.25. The van der Waals surface area contributed by atoms with Crippen molar-refractivity contribution in [2.24, 2.45) is 11.3 Å². The number of halogens is 1. The zero-order chi connectivity index (χ0) is 16.8. The normalized spacial score (nSPS) is 14.0. The first-order valence-electron chi connectivity index (χ1n) is 7.26. The molecule has 1 N–H and O–H groups in total. The second-order valence-electron chi connectivity index (χ2n) is 6.48. The predicted molar refractivity (Wildman–Crippen MR) is 82.2 cm³/mol. The smallest absolute Gasteiger partial charge is 0.238 e. The Bertz CT molecular complexity index is 546. The van der Waals surface area contributed by atoms with E-state index >= 15 is 0 Å². The van der Waals surface area contributed by atoms with E-state index in [2.05, 4.69) is 5.32 Å². The van der Waals surface area contributed by atoms with Crippen molar-refractivity contribution < 1.29 is 13.9 Å². The average Bonchev–Trinajstić information content (AvgIpc) is 2.37. The summed E-state index contributed by atoms with van der Waals surface area (Å²) in [5.41, 5.74) is 0.323. The van der Waals surface area contributed by atoms with Gasteiger partial charge in [0.05, 0.1) is 19.3 Å². The molecule has 4 nitrogen and oxygen atoms in total. The molecule has 0 saturated heterocycles. The molecule has 0 aliphatic heterocycles. The molecule has 5 heteroatoms. The molecule has 2 atom stereocenters. The molecule has 0 aliphatic carbocycles. The third kappa shape index (κ3) is 5.82. The quantitative estimate of drug-likeness (QED) is 0.878. The summed E-state index contributed by atoms with van der Waals surface area (Å²) < 4.78 is 18.5. The van der Waals surface area contributed by atoms with Crippen LogP contribution in [0.25, 0.3) is 0 Å².